The number of rotatable bonds is 1. The second-order valence-electron chi connectivity index (χ2n) is 2.16. The molecule has 0 aliphatic carbocycles. The summed E-state index contributed by atoms with van der Waals surface area (Å²) in [6, 6.07) is 0. The highest BCUT2D eigenvalue weighted by atomic mass is 32.1. The number of thiocarbonyl (C=S) groups is 1. The van der Waals surface area contributed by atoms with Gasteiger partial charge in [-0.3, -0.25) is 9.59 Å². The second-order valence-corrected chi connectivity index (χ2v) is 2.80. The standard InChI is InChI=1S/C6H6O3S/c1-3(10)4-2-5(7)9-6(4)8/h4H,2H2,1H3. The van der Waals surface area contributed by atoms with Crippen LogP contribution in [0, 0.1) is 5.92 Å². The predicted octanol–water partition coefficient (Wildman–Crippen LogP) is 0.466. The molecule has 0 radical (unpaired) electrons. The summed E-state index contributed by atoms with van der Waals surface area (Å²) in [7, 11) is 0. The Morgan fingerprint density at radius 1 is 1.70 bits per heavy atom. The van der Waals surface area contributed by atoms with Crippen molar-refractivity contribution in [1.29, 1.82) is 0 Å². The zero-order valence-corrected chi connectivity index (χ0v) is 6.23. The molecule has 1 aliphatic rings. The maximum Gasteiger partial charge on any atom is 0.322 e. The second kappa shape index (κ2) is 2.46. The van der Waals surface area contributed by atoms with Crippen molar-refractivity contribution in [3.05, 3.63) is 0 Å². The molecule has 0 aromatic rings. The molecule has 3 nitrogen and oxygen atoms in total. The van der Waals surface area contributed by atoms with Crippen LogP contribution in [0.5, 0.6) is 0 Å². The van der Waals surface area contributed by atoms with E-state index in [4.69, 9.17) is 12.2 Å². The van der Waals surface area contributed by atoms with Crippen LogP contribution in [0.4, 0.5) is 0 Å². The summed E-state index contributed by atoms with van der Waals surface area (Å²) in [5, 5.41) is 0. The fourth-order valence-electron chi connectivity index (χ4n) is 0.785. The number of carbonyl (C=O) groups excluding carboxylic acids is 2. The normalized spacial score (nSPS) is 24.7. The first-order valence-corrected chi connectivity index (χ1v) is 3.27. The van der Waals surface area contributed by atoms with Crippen LogP contribution in [0.2, 0.25) is 0 Å². The van der Waals surface area contributed by atoms with Crippen molar-refractivity contribution >= 4 is 29.0 Å². The molecule has 0 spiro atoms. The summed E-state index contributed by atoms with van der Waals surface area (Å²) in [5.74, 6) is -1.45. The fourth-order valence-corrected chi connectivity index (χ4v) is 0.964. The van der Waals surface area contributed by atoms with Crippen molar-refractivity contribution in [1.82, 2.24) is 0 Å². The number of hydrogen-bond acceptors (Lipinski definition) is 4. The van der Waals surface area contributed by atoms with E-state index in [9.17, 15) is 9.59 Å². The minimum atomic E-state index is -0.502. The lowest BCUT2D eigenvalue weighted by atomic mass is 10.1. The molecule has 1 aliphatic heterocycles. The summed E-state index contributed by atoms with van der Waals surface area (Å²) in [6.45, 7) is 1.64. The number of ether oxygens (including phenoxy) is 1. The SMILES string of the molecule is CC(=S)C1CC(=O)OC1=O. The molecule has 1 atom stereocenters. The number of carbonyl (C=O) groups is 2. The van der Waals surface area contributed by atoms with E-state index in [-0.39, 0.29) is 6.42 Å². The Morgan fingerprint density at radius 3 is 2.50 bits per heavy atom. The number of cyclic esters (lactones) is 2. The Kier molecular flexibility index (Phi) is 1.80. The van der Waals surface area contributed by atoms with Gasteiger partial charge in [0.25, 0.3) is 0 Å². The number of hydrogen-bond donors (Lipinski definition) is 0. The third-order valence-electron chi connectivity index (χ3n) is 1.36. The lowest BCUT2D eigenvalue weighted by Crippen LogP contribution is -2.14. The van der Waals surface area contributed by atoms with Gasteiger partial charge < -0.3 is 4.74 Å². The molecule has 0 aromatic heterocycles. The van der Waals surface area contributed by atoms with Crippen molar-refractivity contribution < 1.29 is 14.3 Å². The van der Waals surface area contributed by atoms with E-state index in [0.717, 1.165) is 0 Å². The van der Waals surface area contributed by atoms with Crippen molar-refractivity contribution in [3.8, 4) is 0 Å². The van der Waals surface area contributed by atoms with Gasteiger partial charge in [0.05, 0.1) is 12.3 Å². The van der Waals surface area contributed by atoms with Crippen molar-refractivity contribution in [2.24, 2.45) is 5.92 Å². The Balaban J connectivity index is 2.72. The molecule has 4 heteroatoms. The lowest BCUT2D eigenvalue weighted by molar-refractivity contribution is -0.152. The highest BCUT2D eigenvalue weighted by Crippen LogP contribution is 2.17. The van der Waals surface area contributed by atoms with Gasteiger partial charge in [-0.25, -0.2) is 0 Å². The number of esters is 2. The summed E-state index contributed by atoms with van der Waals surface area (Å²) in [5.41, 5.74) is 0. The summed E-state index contributed by atoms with van der Waals surface area (Å²) in [4.78, 5) is 21.7. The smallest absolute Gasteiger partial charge is 0.322 e. The van der Waals surface area contributed by atoms with Crippen molar-refractivity contribution in [3.63, 3.8) is 0 Å². The van der Waals surface area contributed by atoms with Gasteiger partial charge in [0.1, 0.15) is 0 Å². The van der Waals surface area contributed by atoms with Crippen LogP contribution in [0.3, 0.4) is 0 Å². The first-order chi connectivity index (χ1) is 4.61. The van der Waals surface area contributed by atoms with E-state index in [1.54, 1.807) is 6.92 Å². The lowest BCUT2D eigenvalue weighted by Gasteiger charge is -1.97. The Bertz CT molecular complexity index is 209. The van der Waals surface area contributed by atoms with Crippen molar-refractivity contribution in [2.45, 2.75) is 13.3 Å². The van der Waals surface area contributed by atoms with Crippen LogP contribution in [-0.2, 0) is 14.3 Å². The molecule has 1 rings (SSSR count). The summed E-state index contributed by atoms with van der Waals surface area (Å²) < 4.78 is 4.27. The Morgan fingerprint density at radius 2 is 2.30 bits per heavy atom. The van der Waals surface area contributed by atoms with E-state index in [1.165, 1.54) is 0 Å². The average molecular weight is 158 g/mol. The third-order valence-corrected chi connectivity index (χ3v) is 1.64. The molecule has 54 valence electrons. The average Bonchev–Trinajstić information content (AvgIpc) is 2.10. The molecule has 1 saturated heterocycles. The minimum absolute atomic E-state index is 0.119. The Hall–Kier alpha value is -0.770. The highest BCUT2D eigenvalue weighted by molar-refractivity contribution is 7.80. The molecular formula is C6H6O3S. The first kappa shape index (κ1) is 7.34. The topological polar surface area (TPSA) is 43.4 Å². The van der Waals surface area contributed by atoms with E-state index in [2.05, 4.69) is 4.74 Å². The van der Waals surface area contributed by atoms with E-state index in [1.807, 2.05) is 0 Å². The van der Waals surface area contributed by atoms with Gasteiger partial charge in [-0.15, -0.1) is 0 Å². The van der Waals surface area contributed by atoms with Gasteiger partial charge in [0.2, 0.25) is 0 Å². The fraction of sp³-hybridized carbons (Fsp3) is 0.500. The van der Waals surface area contributed by atoms with E-state index < -0.39 is 17.9 Å². The molecule has 0 amide bonds. The third kappa shape index (κ3) is 1.21. The van der Waals surface area contributed by atoms with Gasteiger partial charge in [0, 0.05) is 4.86 Å². The zero-order valence-electron chi connectivity index (χ0n) is 5.42. The summed E-state index contributed by atoms with van der Waals surface area (Å²) in [6.07, 6.45) is 0.119. The molecule has 10 heavy (non-hydrogen) atoms. The van der Waals surface area contributed by atoms with Crippen molar-refractivity contribution in [2.75, 3.05) is 0 Å². The zero-order chi connectivity index (χ0) is 7.72. The first-order valence-electron chi connectivity index (χ1n) is 2.86. The maximum absolute atomic E-state index is 10.7. The Labute approximate surface area is 63.4 Å². The van der Waals surface area contributed by atoms with Crippen LogP contribution >= 0.6 is 12.2 Å². The van der Waals surface area contributed by atoms with Crippen LogP contribution in [0.25, 0.3) is 0 Å². The molecular weight excluding hydrogens is 152 g/mol. The molecule has 1 fully saturated rings. The van der Waals surface area contributed by atoms with Crippen LogP contribution < -0.4 is 0 Å². The maximum atomic E-state index is 10.7. The van der Waals surface area contributed by atoms with E-state index in [0.29, 0.717) is 4.86 Å². The van der Waals surface area contributed by atoms with Crippen LogP contribution in [0.15, 0.2) is 0 Å². The van der Waals surface area contributed by atoms with Crippen LogP contribution in [0.1, 0.15) is 13.3 Å². The van der Waals surface area contributed by atoms with E-state index >= 15 is 0 Å². The monoisotopic (exact) mass is 158 g/mol. The van der Waals surface area contributed by atoms with Gasteiger partial charge >= 0.3 is 11.9 Å². The largest absolute Gasteiger partial charge is 0.393 e. The van der Waals surface area contributed by atoms with Gasteiger partial charge in [-0.2, -0.15) is 0 Å². The molecule has 1 unspecified atom stereocenters. The van der Waals surface area contributed by atoms with Crippen LogP contribution in [-0.4, -0.2) is 16.8 Å². The van der Waals surface area contributed by atoms with Gasteiger partial charge in [-0.1, -0.05) is 12.2 Å². The molecule has 0 bridgehead atoms. The minimum Gasteiger partial charge on any atom is -0.393 e. The van der Waals surface area contributed by atoms with Gasteiger partial charge in [-0.05, 0) is 6.92 Å². The molecule has 1 heterocycles. The highest BCUT2D eigenvalue weighted by Gasteiger charge is 2.34. The predicted molar refractivity (Wildman–Crippen MR) is 37.5 cm³/mol. The van der Waals surface area contributed by atoms with Gasteiger partial charge in [0.15, 0.2) is 0 Å². The molecule has 0 aromatic carbocycles. The molecule has 0 N–H and O–H groups in total. The molecule has 0 saturated carbocycles. The quantitative estimate of drug-likeness (QED) is 0.316. The summed E-state index contributed by atoms with van der Waals surface area (Å²) >= 11 is 4.73.